The third-order valence-electron chi connectivity index (χ3n) is 11.4. The SMILES string of the molecule is [2H]c1c([2H])c([2H])c(-c2c3ccccc3c(-c3cccc4c(-c5c(-c6cccc7c6sc6ccccc67)ccc6oc7ccccc7c56)cccc34)c3ccccc23)c([2H])c1[2H]. The minimum absolute atomic E-state index is 0.201. The van der Waals surface area contributed by atoms with E-state index in [0.29, 0.717) is 5.56 Å². The Balaban J connectivity index is 1.19. The van der Waals surface area contributed by atoms with Crippen molar-refractivity contribution in [2.45, 2.75) is 0 Å². The summed E-state index contributed by atoms with van der Waals surface area (Å²) >= 11 is 1.83. The average Bonchev–Trinajstić information content (AvgIpc) is 3.88. The first-order valence-corrected chi connectivity index (χ1v) is 19.6. The lowest BCUT2D eigenvalue weighted by Crippen LogP contribution is -1.93. The molecule has 12 aromatic rings. The summed E-state index contributed by atoms with van der Waals surface area (Å²) in [5.41, 5.74) is 9.07. The molecule has 2 aromatic heterocycles. The molecule has 1 nitrogen and oxygen atoms in total. The number of hydrogen-bond acceptors (Lipinski definition) is 2. The van der Waals surface area contributed by atoms with Crippen molar-refractivity contribution in [3.05, 3.63) is 194 Å². The normalized spacial score (nSPS) is 13.2. The van der Waals surface area contributed by atoms with E-state index in [-0.39, 0.29) is 29.7 Å². The molecule has 0 radical (unpaired) electrons. The van der Waals surface area contributed by atoms with Gasteiger partial charge in [-0.25, -0.2) is 0 Å². The second-order valence-electron chi connectivity index (χ2n) is 14.3. The Kier molecular flexibility index (Phi) is 5.85. The zero-order valence-corrected chi connectivity index (χ0v) is 30.7. The standard InChI is InChI=1S/C54H32OS/c1-2-15-33(16-3-1)50-39-18-4-6-20-41(39)51(42-21-7-5-19-40(42)50)37-25-12-24-35-34(37)23-13-26-38(35)52-43(31-32-48-53(52)46-22-8-10-29-47(46)55-48)45-28-14-27-44-36-17-9-11-30-49(36)56-54(44)45/h1-32H/i1D,2D,3D,15D,16D. The van der Waals surface area contributed by atoms with Crippen molar-refractivity contribution in [1.82, 2.24) is 0 Å². The molecule has 12 rings (SSSR count). The highest BCUT2D eigenvalue weighted by atomic mass is 32.1. The maximum atomic E-state index is 9.02. The fourth-order valence-corrected chi connectivity index (χ4v) is 10.3. The van der Waals surface area contributed by atoms with Gasteiger partial charge in [0.15, 0.2) is 0 Å². The van der Waals surface area contributed by atoms with Gasteiger partial charge in [0.05, 0.1) is 6.85 Å². The first-order chi connectivity index (χ1) is 29.9. The van der Waals surface area contributed by atoms with E-state index in [2.05, 4.69) is 115 Å². The van der Waals surface area contributed by atoms with Crippen LogP contribution >= 0.6 is 11.3 Å². The summed E-state index contributed by atoms with van der Waals surface area (Å²) < 4.78 is 52.6. The second kappa shape index (κ2) is 12.3. The van der Waals surface area contributed by atoms with E-state index in [1.165, 1.54) is 25.7 Å². The minimum atomic E-state index is -0.404. The number of benzene rings is 10. The summed E-state index contributed by atoms with van der Waals surface area (Å²) in [6.45, 7) is 0. The third-order valence-corrected chi connectivity index (χ3v) is 12.6. The Bertz CT molecular complexity index is 3760. The predicted octanol–water partition coefficient (Wildman–Crippen LogP) is 16.1. The zero-order chi connectivity index (χ0) is 41.1. The molecule has 0 saturated heterocycles. The Hall–Kier alpha value is -7.00. The number of thiophene rings is 1. The highest BCUT2D eigenvalue weighted by Crippen LogP contribution is 2.50. The van der Waals surface area contributed by atoms with Crippen LogP contribution in [0.2, 0.25) is 0 Å². The minimum Gasteiger partial charge on any atom is -0.456 e. The highest BCUT2D eigenvalue weighted by molar-refractivity contribution is 7.26. The van der Waals surface area contributed by atoms with Crippen LogP contribution in [0.5, 0.6) is 0 Å². The summed E-state index contributed by atoms with van der Waals surface area (Å²) in [5.74, 6) is 0. The van der Waals surface area contributed by atoms with Gasteiger partial charge < -0.3 is 4.42 Å². The molecule has 0 amide bonds. The van der Waals surface area contributed by atoms with E-state index in [1.54, 1.807) is 0 Å². The van der Waals surface area contributed by atoms with Crippen molar-refractivity contribution in [2.24, 2.45) is 0 Å². The van der Waals surface area contributed by atoms with Gasteiger partial charge in [-0.05, 0) is 90.0 Å². The van der Waals surface area contributed by atoms with Crippen molar-refractivity contribution >= 4 is 85.8 Å². The quantitative estimate of drug-likeness (QED) is 0.164. The lowest BCUT2D eigenvalue weighted by molar-refractivity contribution is 0.669. The van der Waals surface area contributed by atoms with Crippen LogP contribution in [0.25, 0.3) is 119 Å². The topological polar surface area (TPSA) is 13.1 Å². The van der Waals surface area contributed by atoms with E-state index < -0.39 is 6.04 Å². The molecule has 0 aliphatic carbocycles. The highest BCUT2D eigenvalue weighted by Gasteiger charge is 2.23. The summed E-state index contributed by atoms with van der Waals surface area (Å²) in [6.07, 6.45) is 0. The van der Waals surface area contributed by atoms with Crippen LogP contribution in [0.4, 0.5) is 0 Å². The summed E-state index contributed by atoms with van der Waals surface area (Å²) in [5, 5.41) is 10.3. The molecule has 0 spiro atoms. The number of para-hydroxylation sites is 1. The fraction of sp³-hybridized carbons (Fsp3) is 0. The maximum absolute atomic E-state index is 9.02. The molecule has 0 N–H and O–H groups in total. The van der Waals surface area contributed by atoms with Crippen LogP contribution in [-0.4, -0.2) is 0 Å². The molecule has 2 heteroatoms. The number of fused-ring (bicyclic) bond motifs is 9. The molecule has 260 valence electrons. The summed E-state index contributed by atoms with van der Waals surface area (Å²) in [4.78, 5) is 0. The van der Waals surface area contributed by atoms with Crippen molar-refractivity contribution in [1.29, 1.82) is 0 Å². The fourth-order valence-electron chi connectivity index (χ4n) is 9.09. The van der Waals surface area contributed by atoms with Crippen LogP contribution in [0.1, 0.15) is 6.85 Å². The summed E-state index contributed by atoms with van der Waals surface area (Å²) in [7, 11) is 0. The van der Waals surface area contributed by atoms with E-state index in [4.69, 9.17) is 11.3 Å². The van der Waals surface area contributed by atoms with Crippen LogP contribution in [0, 0.1) is 0 Å². The van der Waals surface area contributed by atoms with Gasteiger partial charge in [0.25, 0.3) is 0 Å². The van der Waals surface area contributed by atoms with Gasteiger partial charge in [0, 0.05) is 42.1 Å². The molecular weight excluding hydrogens is 697 g/mol. The molecule has 0 unspecified atom stereocenters. The van der Waals surface area contributed by atoms with Gasteiger partial charge in [0.1, 0.15) is 11.2 Å². The van der Waals surface area contributed by atoms with Gasteiger partial charge in [-0.2, -0.15) is 0 Å². The van der Waals surface area contributed by atoms with Crippen molar-refractivity contribution < 1.29 is 11.3 Å². The molecule has 0 saturated carbocycles. The van der Waals surface area contributed by atoms with E-state index in [9.17, 15) is 0 Å². The average molecular weight is 734 g/mol. The zero-order valence-electron chi connectivity index (χ0n) is 34.9. The second-order valence-corrected chi connectivity index (χ2v) is 15.3. The summed E-state index contributed by atoms with van der Waals surface area (Å²) in [6, 6.07) is 55.6. The van der Waals surface area contributed by atoms with Gasteiger partial charge in [-0.1, -0.05) is 170 Å². The Morgan fingerprint density at radius 3 is 1.59 bits per heavy atom. The number of rotatable bonds is 4. The Morgan fingerprint density at radius 2 is 0.893 bits per heavy atom. The molecule has 0 aliphatic rings. The molecule has 10 aromatic carbocycles. The van der Waals surface area contributed by atoms with Crippen LogP contribution in [-0.2, 0) is 0 Å². The first-order valence-electron chi connectivity index (χ1n) is 21.3. The van der Waals surface area contributed by atoms with Crippen molar-refractivity contribution in [3.8, 4) is 44.5 Å². The lowest BCUT2D eigenvalue weighted by Gasteiger charge is -2.20. The molecule has 0 fully saturated rings. The molecule has 0 atom stereocenters. The van der Waals surface area contributed by atoms with Gasteiger partial charge in [-0.15, -0.1) is 11.3 Å². The monoisotopic (exact) mass is 733 g/mol. The predicted molar refractivity (Wildman–Crippen MR) is 241 cm³/mol. The van der Waals surface area contributed by atoms with Crippen LogP contribution in [0.15, 0.2) is 198 Å². The maximum Gasteiger partial charge on any atom is 0.136 e. The molecule has 0 bridgehead atoms. The van der Waals surface area contributed by atoms with Gasteiger partial charge in [0.2, 0.25) is 0 Å². The van der Waals surface area contributed by atoms with E-state index >= 15 is 0 Å². The largest absolute Gasteiger partial charge is 0.456 e. The van der Waals surface area contributed by atoms with Crippen LogP contribution in [0.3, 0.4) is 0 Å². The molecule has 56 heavy (non-hydrogen) atoms. The molecular formula is C54H32OS. The van der Waals surface area contributed by atoms with E-state index in [0.717, 1.165) is 82.1 Å². The number of furan rings is 1. The van der Waals surface area contributed by atoms with Gasteiger partial charge in [-0.3, -0.25) is 0 Å². The Morgan fingerprint density at radius 1 is 0.357 bits per heavy atom. The first kappa shape index (κ1) is 26.7. The van der Waals surface area contributed by atoms with Crippen LogP contribution < -0.4 is 0 Å². The van der Waals surface area contributed by atoms with Crippen molar-refractivity contribution in [3.63, 3.8) is 0 Å². The Labute approximate surface area is 334 Å². The van der Waals surface area contributed by atoms with Crippen molar-refractivity contribution in [2.75, 3.05) is 0 Å². The lowest BCUT2D eigenvalue weighted by atomic mass is 9.83. The van der Waals surface area contributed by atoms with Gasteiger partial charge >= 0.3 is 0 Å². The number of hydrogen-bond donors (Lipinski definition) is 0. The third kappa shape index (κ3) is 4.54. The molecule has 2 heterocycles. The smallest absolute Gasteiger partial charge is 0.136 e. The van der Waals surface area contributed by atoms with E-state index in [1.807, 2.05) is 59.9 Å². The molecule has 0 aliphatic heterocycles.